The first-order valence-corrected chi connectivity index (χ1v) is 8.76. The maximum Gasteiger partial charge on any atom is 0.247 e. The van der Waals surface area contributed by atoms with Crippen molar-refractivity contribution in [2.45, 2.75) is 17.2 Å². The third-order valence-electron chi connectivity index (χ3n) is 2.92. The molecule has 1 aromatic carbocycles. The molecule has 0 bridgehead atoms. The van der Waals surface area contributed by atoms with E-state index in [0.29, 0.717) is 5.75 Å². The van der Waals surface area contributed by atoms with E-state index in [9.17, 15) is 13.2 Å². The van der Waals surface area contributed by atoms with Gasteiger partial charge in [0.1, 0.15) is 9.96 Å². The van der Waals surface area contributed by atoms with E-state index >= 15 is 0 Å². The molecule has 1 aromatic heterocycles. The van der Waals surface area contributed by atoms with E-state index < -0.39 is 10.0 Å². The van der Waals surface area contributed by atoms with Crippen molar-refractivity contribution in [2.75, 3.05) is 7.11 Å². The Kier molecular flexibility index (Phi) is 5.17. The first-order chi connectivity index (χ1) is 10.4. The van der Waals surface area contributed by atoms with Crippen LogP contribution in [0.3, 0.4) is 0 Å². The van der Waals surface area contributed by atoms with Gasteiger partial charge in [0.05, 0.1) is 20.1 Å². The van der Waals surface area contributed by atoms with Gasteiger partial charge in [-0.3, -0.25) is 4.79 Å². The quantitative estimate of drug-likeness (QED) is 0.827. The van der Waals surface area contributed by atoms with E-state index in [1.54, 1.807) is 19.2 Å². The second-order valence-corrected chi connectivity index (χ2v) is 7.49. The molecule has 22 heavy (non-hydrogen) atoms. The average Bonchev–Trinajstić information content (AvgIpc) is 2.95. The molecule has 118 valence electrons. The molecule has 3 N–H and O–H groups in total. The lowest BCUT2D eigenvalue weighted by atomic mass is 10.1. The van der Waals surface area contributed by atoms with Crippen LogP contribution in [0.25, 0.3) is 0 Å². The normalized spacial score (nSPS) is 11.2. The number of hydrogen-bond acceptors (Lipinski definition) is 5. The van der Waals surface area contributed by atoms with Gasteiger partial charge >= 0.3 is 0 Å². The van der Waals surface area contributed by atoms with Crippen LogP contribution in [-0.2, 0) is 27.8 Å². The lowest BCUT2D eigenvalue weighted by Gasteiger charge is -2.08. The van der Waals surface area contributed by atoms with Crippen molar-refractivity contribution in [3.05, 3.63) is 46.8 Å². The fraction of sp³-hybridized carbons (Fsp3) is 0.214. The summed E-state index contributed by atoms with van der Waals surface area (Å²) < 4.78 is 27.6. The molecule has 8 heteroatoms. The molecule has 0 saturated heterocycles. The summed E-state index contributed by atoms with van der Waals surface area (Å²) in [4.78, 5) is 12.7. The van der Waals surface area contributed by atoms with Gasteiger partial charge in [-0.15, -0.1) is 11.3 Å². The van der Waals surface area contributed by atoms with Gasteiger partial charge in [-0.05, 0) is 18.2 Å². The highest BCUT2D eigenvalue weighted by atomic mass is 32.2. The number of ether oxygens (including phenoxy) is 1. The summed E-state index contributed by atoms with van der Waals surface area (Å²) in [7, 11) is -2.14. The molecule has 0 aliphatic heterocycles. The van der Waals surface area contributed by atoms with E-state index in [1.165, 1.54) is 6.07 Å². The van der Waals surface area contributed by atoms with Gasteiger partial charge in [-0.1, -0.05) is 18.2 Å². The number of methoxy groups -OCH3 is 1. The Morgan fingerprint density at radius 2 is 2.00 bits per heavy atom. The van der Waals surface area contributed by atoms with Gasteiger partial charge in [-0.2, -0.15) is 0 Å². The summed E-state index contributed by atoms with van der Waals surface area (Å²) in [6.45, 7) is 0.258. The van der Waals surface area contributed by atoms with Crippen molar-refractivity contribution in [3.8, 4) is 5.75 Å². The summed E-state index contributed by atoms with van der Waals surface area (Å²) in [6.07, 6.45) is 0.192. The molecule has 0 saturated carbocycles. The number of primary sulfonamides is 1. The Morgan fingerprint density at radius 1 is 1.27 bits per heavy atom. The van der Waals surface area contributed by atoms with Gasteiger partial charge in [-0.25, -0.2) is 13.6 Å². The maximum atomic E-state index is 12.0. The summed E-state index contributed by atoms with van der Waals surface area (Å²) in [5, 5.41) is 7.79. The van der Waals surface area contributed by atoms with Crippen LogP contribution < -0.4 is 15.2 Å². The van der Waals surface area contributed by atoms with Gasteiger partial charge < -0.3 is 10.1 Å². The smallest absolute Gasteiger partial charge is 0.247 e. The molecule has 0 radical (unpaired) electrons. The van der Waals surface area contributed by atoms with E-state index in [4.69, 9.17) is 9.88 Å². The van der Waals surface area contributed by atoms with Gasteiger partial charge in [0.25, 0.3) is 0 Å². The largest absolute Gasteiger partial charge is 0.496 e. The van der Waals surface area contributed by atoms with Crippen LogP contribution in [0.1, 0.15) is 10.4 Å². The standard InChI is InChI=1S/C14H16N2O4S2/c1-20-12-5-3-2-4-10(12)8-13(17)16-9-11-6-7-14(21-11)22(15,18)19/h2-7H,8-9H2,1H3,(H,16,17)(H2,15,18,19). The molecule has 0 atom stereocenters. The minimum absolute atomic E-state index is 0.0847. The zero-order valence-corrected chi connectivity index (χ0v) is 13.5. The van der Waals surface area contributed by atoms with Crippen LogP contribution in [0.2, 0.25) is 0 Å². The Bertz CT molecular complexity index is 769. The van der Waals surface area contributed by atoms with Crippen LogP contribution in [0, 0.1) is 0 Å². The predicted octanol–water partition coefficient (Wildman–Crippen LogP) is 1.26. The molecule has 0 aliphatic rings. The number of rotatable bonds is 6. The minimum Gasteiger partial charge on any atom is -0.496 e. The van der Waals surface area contributed by atoms with Crippen molar-refractivity contribution in [1.29, 1.82) is 0 Å². The summed E-state index contributed by atoms with van der Waals surface area (Å²) in [5.74, 6) is 0.486. The molecule has 1 amide bonds. The summed E-state index contributed by atoms with van der Waals surface area (Å²) >= 11 is 1.04. The molecule has 2 rings (SSSR count). The second-order valence-electron chi connectivity index (χ2n) is 4.53. The molecule has 0 unspecified atom stereocenters. The highest BCUT2D eigenvalue weighted by Gasteiger charge is 2.12. The number of nitrogens with one attached hydrogen (secondary N) is 1. The number of hydrogen-bond donors (Lipinski definition) is 2. The summed E-state index contributed by atoms with van der Waals surface area (Å²) in [6, 6.07) is 10.3. The van der Waals surface area contributed by atoms with Crippen LogP contribution in [-0.4, -0.2) is 21.4 Å². The van der Waals surface area contributed by atoms with Crippen LogP contribution in [0.4, 0.5) is 0 Å². The number of amides is 1. The van der Waals surface area contributed by atoms with Crippen molar-refractivity contribution >= 4 is 27.3 Å². The SMILES string of the molecule is COc1ccccc1CC(=O)NCc1ccc(S(N)(=O)=O)s1. The molecule has 0 fully saturated rings. The number of thiophene rings is 1. The Morgan fingerprint density at radius 3 is 2.64 bits per heavy atom. The van der Waals surface area contributed by atoms with Gasteiger partial charge in [0.15, 0.2) is 0 Å². The molecule has 1 heterocycles. The zero-order valence-electron chi connectivity index (χ0n) is 11.9. The van der Waals surface area contributed by atoms with E-state index in [2.05, 4.69) is 5.32 Å². The lowest BCUT2D eigenvalue weighted by Crippen LogP contribution is -2.24. The number of nitrogens with two attached hydrogens (primary N) is 1. The van der Waals surface area contributed by atoms with Crippen LogP contribution in [0.5, 0.6) is 5.75 Å². The van der Waals surface area contributed by atoms with Crippen molar-refractivity contribution in [2.24, 2.45) is 5.14 Å². The number of benzene rings is 1. The van der Waals surface area contributed by atoms with E-state index in [0.717, 1.165) is 21.8 Å². The first-order valence-electron chi connectivity index (χ1n) is 6.40. The second kappa shape index (κ2) is 6.91. The third kappa shape index (κ3) is 4.30. The Balaban J connectivity index is 1.94. The zero-order chi connectivity index (χ0) is 16.2. The third-order valence-corrected chi connectivity index (χ3v) is 5.44. The van der Waals surface area contributed by atoms with Gasteiger partial charge in [0.2, 0.25) is 15.9 Å². The van der Waals surface area contributed by atoms with Crippen molar-refractivity contribution in [3.63, 3.8) is 0 Å². The first kappa shape index (κ1) is 16.5. The monoisotopic (exact) mass is 340 g/mol. The van der Waals surface area contributed by atoms with Gasteiger partial charge in [0, 0.05) is 10.4 Å². The summed E-state index contributed by atoms with van der Waals surface area (Å²) in [5.41, 5.74) is 0.791. The molecule has 2 aromatic rings. The van der Waals surface area contributed by atoms with Crippen LogP contribution >= 0.6 is 11.3 Å². The number of sulfonamides is 1. The molecule has 0 aliphatic carbocycles. The van der Waals surface area contributed by atoms with E-state index in [-0.39, 0.29) is 23.1 Å². The molecular weight excluding hydrogens is 324 g/mol. The topological polar surface area (TPSA) is 98.5 Å². The average molecular weight is 340 g/mol. The fourth-order valence-electron chi connectivity index (χ4n) is 1.88. The molecular formula is C14H16N2O4S2. The minimum atomic E-state index is -3.69. The highest BCUT2D eigenvalue weighted by molar-refractivity contribution is 7.91. The fourth-order valence-corrected chi connectivity index (χ4v) is 3.59. The van der Waals surface area contributed by atoms with E-state index in [1.807, 2.05) is 18.2 Å². The number of carbonyl (C=O) groups excluding carboxylic acids is 1. The predicted molar refractivity (Wildman–Crippen MR) is 84.2 cm³/mol. The Hall–Kier alpha value is -1.90. The van der Waals surface area contributed by atoms with Crippen molar-refractivity contribution in [1.82, 2.24) is 5.32 Å². The van der Waals surface area contributed by atoms with Crippen molar-refractivity contribution < 1.29 is 17.9 Å². The Labute approximate surface area is 133 Å². The number of para-hydroxylation sites is 1. The molecule has 0 spiro atoms. The lowest BCUT2D eigenvalue weighted by molar-refractivity contribution is -0.120. The number of carbonyl (C=O) groups is 1. The van der Waals surface area contributed by atoms with Crippen LogP contribution in [0.15, 0.2) is 40.6 Å². The maximum absolute atomic E-state index is 12.0. The highest BCUT2D eigenvalue weighted by Crippen LogP contribution is 2.20. The molecule has 6 nitrogen and oxygen atoms in total.